The van der Waals surface area contributed by atoms with Crippen LogP contribution in [0.3, 0.4) is 0 Å². The quantitative estimate of drug-likeness (QED) is 0.791. The van der Waals surface area contributed by atoms with E-state index < -0.39 is 5.97 Å². The first kappa shape index (κ1) is 9.67. The van der Waals surface area contributed by atoms with Crippen LogP contribution in [-0.2, 0) is 0 Å². The molecule has 2 heterocycles. The normalized spacial score (nSPS) is 10.2. The van der Waals surface area contributed by atoms with Gasteiger partial charge in [-0.3, -0.25) is 0 Å². The van der Waals surface area contributed by atoms with Gasteiger partial charge in [0.2, 0.25) is 0 Å². The molecular formula is C9H5ClN2O3. The van der Waals surface area contributed by atoms with Gasteiger partial charge in [-0.05, 0) is 12.1 Å². The minimum atomic E-state index is -1.13. The fraction of sp³-hybridized carbons (Fsp3) is 0. The van der Waals surface area contributed by atoms with Gasteiger partial charge < -0.3 is 9.63 Å². The molecule has 2 aromatic rings. The summed E-state index contributed by atoms with van der Waals surface area (Å²) in [6.07, 6.45) is 1.48. The van der Waals surface area contributed by atoms with Crippen molar-refractivity contribution >= 4 is 17.6 Å². The number of hydrogen-bond acceptors (Lipinski definition) is 4. The zero-order chi connectivity index (χ0) is 10.8. The fourth-order valence-electron chi connectivity index (χ4n) is 1.03. The number of carbonyl (C=O) groups is 1. The summed E-state index contributed by atoms with van der Waals surface area (Å²) in [7, 11) is 0. The zero-order valence-corrected chi connectivity index (χ0v) is 8.10. The van der Waals surface area contributed by atoms with Gasteiger partial charge in [0.1, 0.15) is 5.15 Å². The smallest absolute Gasteiger partial charge is 0.358 e. The van der Waals surface area contributed by atoms with Crippen molar-refractivity contribution in [3.05, 3.63) is 35.2 Å². The molecule has 0 atom stereocenters. The first-order valence-electron chi connectivity index (χ1n) is 3.99. The average Bonchev–Trinajstić information content (AvgIpc) is 2.68. The summed E-state index contributed by atoms with van der Waals surface area (Å²) < 4.78 is 4.84. The Hall–Kier alpha value is -1.88. The van der Waals surface area contributed by atoms with E-state index in [4.69, 9.17) is 21.2 Å². The molecule has 0 radical (unpaired) electrons. The zero-order valence-electron chi connectivity index (χ0n) is 7.35. The van der Waals surface area contributed by atoms with Crippen LogP contribution in [-0.4, -0.2) is 21.2 Å². The molecule has 0 bridgehead atoms. The maximum Gasteiger partial charge on any atom is 0.358 e. The largest absolute Gasteiger partial charge is 0.476 e. The third kappa shape index (κ3) is 1.97. The molecule has 0 spiro atoms. The fourth-order valence-corrected chi connectivity index (χ4v) is 1.15. The average molecular weight is 225 g/mol. The van der Waals surface area contributed by atoms with Crippen molar-refractivity contribution in [2.24, 2.45) is 0 Å². The van der Waals surface area contributed by atoms with Crippen LogP contribution in [0.25, 0.3) is 11.3 Å². The Bertz CT molecular complexity index is 492. The Morgan fingerprint density at radius 2 is 2.27 bits per heavy atom. The maximum atomic E-state index is 10.5. The van der Waals surface area contributed by atoms with Crippen molar-refractivity contribution in [2.45, 2.75) is 0 Å². The van der Waals surface area contributed by atoms with Gasteiger partial charge in [0.25, 0.3) is 0 Å². The minimum Gasteiger partial charge on any atom is -0.476 e. The van der Waals surface area contributed by atoms with Crippen LogP contribution in [0.2, 0.25) is 5.15 Å². The Morgan fingerprint density at radius 3 is 2.80 bits per heavy atom. The van der Waals surface area contributed by atoms with Gasteiger partial charge in [0, 0.05) is 17.8 Å². The molecule has 5 nitrogen and oxygen atoms in total. The number of rotatable bonds is 2. The first-order chi connectivity index (χ1) is 7.16. The van der Waals surface area contributed by atoms with Crippen LogP contribution < -0.4 is 0 Å². The second-order valence-corrected chi connectivity index (χ2v) is 3.14. The summed E-state index contributed by atoms with van der Waals surface area (Å²) in [6, 6.07) is 4.58. The molecule has 0 aliphatic heterocycles. The molecule has 0 saturated heterocycles. The van der Waals surface area contributed by atoms with Crippen LogP contribution in [0.1, 0.15) is 10.5 Å². The topological polar surface area (TPSA) is 76.2 Å². The van der Waals surface area contributed by atoms with Gasteiger partial charge in [0.15, 0.2) is 11.5 Å². The van der Waals surface area contributed by atoms with E-state index in [1.165, 1.54) is 12.3 Å². The summed E-state index contributed by atoms with van der Waals surface area (Å²) in [6.45, 7) is 0. The predicted octanol–water partition coefficient (Wildman–Crippen LogP) is 2.09. The number of carboxylic acids is 1. The van der Waals surface area contributed by atoms with Gasteiger partial charge in [-0.15, -0.1) is 0 Å². The molecule has 15 heavy (non-hydrogen) atoms. The molecule has 2 aromatic heterocycles. The number of halogens is 1. The molecular weight excluding hydrogens is 220 g/mol. The second kappa shape index (κ2) is 3.70. The minimum absolute atomic E-state index is 0.139. The van der Waals surface area contributed by atoms with E-state index in [0.717, 1.165) is 0 Å². The third-order valence-corrected chi connectivity index (χ3v) is 1.96. The Kier molecular flexibility index (Phi) is 2.39. The highest BCUT2D eigenvalue weighted by Gasteiger charge is 2.11. The van der Waals surface area contributed by atoms with E-state index in [1.54, 1.807) is 12.1 Å². The molecule has 6 heteroatoms. The lowest BCUT2D eigenvalue weighted by molar-refractivity contribution is 0.0686. The molecule has 0 saturated carbocycles. The number of aromatic carboxylic acids is 1. The molecule has 76 valence electrons. The molecule has 0 fully saturated rings. The SMILES string of the molecule is O=C(O)c1cc(-c2ccc(Cl)nc2)on1. The molecule has 0 unspecified atom stereocenters. The molecule has 0 aromatic carbocycles. The summed E-state index contributed by atoms with van der Waals surface area (Å²) in [5.74, 6) is -0.788. The highest BCUT2D eigenvalue weighted by molar-refractivity contribution is 6.29. The first-order valence-corrected chi connectivity index (χ1v) is 4.36. The number of aromatic nitrogens is 2. The van der Waals surface area contributed by atoms with E-state index in [9.17, 15) is 4.79 Å². The van der Waals surface area contributed by atoms with Crippen LogP contribution in [0, 0.1) is 0 Å². The Balaban J connectivity index is 2.37. The van der Waals surface area contributed by atoms with E-state index >= 15 is 0 Å². The van der Waals surface area contributed by atoms with Crippen LogP contribution in [0.5, 0.6) is 0 Å². The standard InChI is InChI=1S/C9H5ClN2O3/c10-8-2-1-5(4-11-8)7-3-6(9(13)14)12-15-7/h1-4H,(H,13,14). The van der Waals surface area contributed by atoms with Gasteiger partial charge in [-0.2, -0.15) is 0 Å². The van der Waals surface area contributed by atoms with E-state index in [0.29, 0.717) is 16.5 Å². The Morgan fingerprint density at radius 1 is 1.47 bits per heavy atom. The van der Waals surface area contributed by atoms with Gasteiger partial charge in [-0.25, -0.2) is 9.78 Å². The lowest BCUT2D eigenvalue weighted by Crippen LogP contribution is -1.94. The summed E-state index contributed by atoms with van der Waals surface area (Å²) in [4.78, 5) is 14.4. The van der Waals surface area contributed by atoms with Crippen LogP contribution in [0.15, 0.2) is 28.9 Å². The molecule has 0 aliphatic carbocycles. The number of hydrogen-bond donors (Lipinski definition) is 1. The number of carboxylic acid groups (broad SMARTS) is 1. The lowest BCUT2D eigenvalue weighted by Gasteiger charge is -1.93. The lowest BCUT2D eigenvalue weighted by atomic mass is 10.2. The highest BCUT2D eigenvalue weighted by atomic mass is 35.5. The molecule has 0 amide bonds. The van der Waals surface area contributed by atoms with E-state index in [1.807, 2.05) is 0 Å². The summed E-state index contributed by atoms with van der Waals surface area (Å²) >= 11 is 5.60. The van der Waals surface area contributed by atoms with Gasteiger partial charge in [0.05, 0.1) is 0 Å². The molecule has 0 aliphatic rings. The summed E-state index contributed by atoms with van der Waals surface area (Å²) in [5, 5.41) is 12.4. The van der Waals surface area contributed by atoms with Crippen molar-refractivity contribution in [1.82, 2.24) is 10.1 Å². The van der Waals surface area contributed by atoms with E-state index in [-0.39, 0.29) is 5.69 Å². The van der Waals surface area contributed by atoms with Crippen molar-refractivity contribution in [3.8, 4) is 11.3 Å². The van der Waals surface area contributed by atoms with Crippen molar-refractivity contribution in [1.29, 1.82) is 0 Å². The number of nitrogens with zero attached hydrogens (tertiary/aromatic N) is 2. The van der Waals surface area contributed by atoms with Crippen molar-refractivity contribution < 1.29 is 14.4 Å². The Labute approximate surface area is 89.3 Å². The van der Waals surface area contributed by atoms with Gasteiger partial charge in [-0.1, -0.05) is 16.8 Å². The maximum absolute atomic E-state index is 10.5. The second-order valence-electron chi connectivity index (χ2n) is 2.75. The highest BCUT2D eigenvalue weighted by Crippen LogP contribution is 2.20. The van der Waals surface area contributed by atoms with Crippen molar-refractivity contribution in [3.63, 3.8) is 0 Å². The monoisotopic (exact) mass is 224 g/mol. The van der Waals surface area contributed by atoms with Crippen molar-refractivity contribution in [2.75, 3.05) is 0 Å². The number of pyridine rings is 1. The summed E-state index contributed by atoms with van der Waals surface area (Å²) in [5.41, 5.74) is 0.486. The molecule has 2 rings (SSSR count). The van der Waals surface area contributed by atoms with Crippen LogP contribution in [0.4, 0.5) is 0 Å². The predicted molar refractivity (Wildman–Crippen MR) is 51.7 cm³/mol. The van der Waals surface area contributed by atoms with Crippen LogP contribution >= 0.6 is 11.6 Å². The van der Waals surface area contributed by atoms with E-state index in [2.05, 4.69) is 10.1 Å². The molecule has 1 N–H and O–H groups in total. The third-order valence-electron chi connectivity index (χ3n) is 1.74. The van der Waals surface area contributed by atoms with Gasteiger partial charge >= 0.3 is 5.97 Å².